The van der Waals surface area contributed by atoms with E-state index in [2.05, 4.69) is 16.3 Å². The van der Waals surface area contributed by atoms with Gasteiger partial charge in [-0.15, -0.1) is 12.4 Å². The van der Waals surface area contributed by atoms with Gasteiger partial charge in [0.15, 0.2) is 5.76 Å². The number of hydrogen-bond acceptors (Lipinski definition) is 5. The SMILES string of the molecule is COC1=C(OC)CC2=C3CC(NC(=O)c4ccc(O)cc4)CCN3CCC2=C1.Cl. The molecule has 0 aromatic heterocycles. The van der Waals surface area contributed by atoms with Crippen molar-refractivity contribution in [2.75, 3.05) is 27.3 Å². The highest BCUT2D eigenvalue weighted by atomic mass is 35.5. The topological polar surface area (TPSA) is 71.0 Å². The van der Waals surface area contributed by atoms with Gasteiger partial charge < -0.3 is 24.8 Å². The number of carbonyl (C=O) groups excluding carboxylic acids is 1. The number of piperidine rings is 1. The second-order valence-electron chi connectivity index (χ2n) is 7.41. The van der Waals surface area contributed by atoms with Crippen LogP contribution >= 0.6 is 12.4 Å². The van der Waals surface area contributed by atoms with Gasteiger partial charge in [0, 0.05) is 43.2 Å². The first-order valence-corrected chi connectivity index (χ1v) is 9.68. The maximum atomic E-state index is 12.6. The van der Waals surface area contributed by atoms with Crippen LogP contribution in [-0.2, 0) is 9.47 Å². The largest absolute Gasteiger partial charge is 0.508 e. The van der Waals surface area contributed by atoms with Crippen LogP contribution in [0.15, 0.2) is 58.7 Å². The lowest BCUT2D eigenvalue weighted by atomic mass is 9.84. The highest BCUT2D eigenvalue weighted by Gasteiger charge is 2.33. The van der Waals surface area contributed by atoms with Crippen LogP contribution in [0.4, 0.5) is 0 Å². The smallest absolute Gasteiger partial charge is 0.251 e. The lowest BCUT2D eigenvalue weighted by molar-refractivity contribution is 0.0922. The molecule has 1 saturated heterocycles. The Morgan fingerprint density at radius 1 is 1.17 bits per heavy atom. The van der Waals surface area contributed by atoms with Crippen LogP contribution in [0.5, 0.6) is 5.75 Å². The van der Waals surface area contributed by atoms with Crippen LogP contribution in [0.25, 0.3) is 0 Å². The molecule has 29 heavy (non-hydrogen) atoms. The molecule has 6 nitrogen and oxygen atoms in total. The number of nitrogens with zero attached hydrogens (tertiary/aromatic N) is 1. The van der Waals surface area contributed by atoms with Crippen molar-refractivity contribution in [3.63, 3.8) is 0 Å². The maximum absolute atomic E-state index is 12.6. The predicted molar refractivity (Wildman–Crippen MR) is 113 cm³/mol. The third-order valence-corrected chi connectivity index (χ3v) is 5.80. The Balaban J connectivity index is 0.00000240. The van der Waals surface area contributed by atoms with E-state index in [0.717, 1.165) is 50.3 Å². The average molecular weight is 419 g/mol. The van der Waals surface area contributed by atoms with Crippen molar-refractivity contribution in [2.24, 2.45) is 0 Å². The maximum Gasteiger partial charge on any atom is 0.251 e. The number of allylic oxidation sites excluding steroid dienone is 2. The van der Waals surface area contributed by atoms with E-state index in [9.17, 15) is 9.90 Å². The van der Waals surface area contributed by atoms with Gasteiger partial charge in [0.25, 0.3) is 5.91 Å². The summed E-state index contributed by atoms with van der Waals surface area (Å²) in [6, 6.07) is 6.46. The molecule has 1 unspecified atom stereocenters. The van der Waals surface area contributed by atoms with Gasteiger partial charge >= 0.3 is 0 Å². The van der Waals surface area contributed by atoms with Crippen LogP contribution in [0.3, 0.4) is 0 Å². The van der Waals surface area contributed by atoms with Gasteiger partial charge in [-0.3, -0.25) is 4.79 Å². The van der Waals surface area contributed by atoms with E-state index in [1.54, 1.807) is 26.4 Å². The van der Waals surface area contributed by atoms with Crippen molar-refractivity contribution < 1.29 is 19.4 Å². The van der Waals surface area contributed by atoms with Crippen molar-refractivity contribution in [2.45, 2.75) is 31.7 Å². The summed E-state index contributed by atoms with van der Waals surface area (Å²) in [5, 5.41) is 12.6. The molecule has 0 bridgehead atoms. The number of rotatable bonds is 4. The number of hydrogen-bond donors (Lipinski definition) is 2. The zero-order valence-corrected chi connectivity index (χ0v) is 17.6. The Hall–Kier alpha value is -2.60. The highest BCUT2D eigenvalue weighted by molar-refractivity contribution is 5.94. The number of aromatic hydroxyl groups is 1. The number of methoxy groups -OCH3 is 2. The second kappa shape index (κ2) is 8.82. The third kappa shape index (κ3) is 4.22. The molecule has 0 radical (unpaired) electrons. The summed E-state index contributed by atoms with van der Waals surface area (Å²) in [4.78, 5) is 15.0. The Morgan fingerprint density at radius 2 is 1.93 bits per heavy atom. The zero-order valence-electron chi connectivity index (χ0n) is 16.7. The molecule has 7 heteroatoms. The number of ether oxygens (including phenoxy) is 2. The van der Waals surface area contributed by atoms with E-state index >= 15 is 0 Å². The monoisotopic (exact) mass is 418 g/mol. The molecule has 2 N–H and O–H groups in total. The van der Waals surface area contributed by atoms with Crippen LogP contribution < -0.4 is 5.32 Å². The Labute approximate surface area is 177 Å². The van der Waals surface area contributed by atoms with Crippen molar-refractivity contribution in [1.29, 1.82) is 0 Å². The number of carbonyl (C=O) groups is 1. The molecule has 1 aromatic rings. The van der Waals surface area contributed by atoms with Crippen molar-refractivity contribution >= 4 is 18.3 Å². The van der Waals surface area contributed by atoms with Gasteiger partial charge in [0.05, 0.1) is 14.2 Å². The first kappa shape index (κ1) is 21.1. The first-order chi connectivity index (χ1) is 13.6. The minimum Gasteiger partial charge on any atom is -0.508 e. The van der Waals surface area contributed by atoms with E-state index in [1.807, 2.05) is 0 Å². The normalized spacial score (nSPS) is 20.8. The van der Waals surface area contributed by atoms with Crippen molar-refractivity contribution in [3.05, 3.63) is 64.3 Å². The lowest BCUT2D eigenvalue weighted by Crippen LogP contribution is -2.45. The summed E-state index contributed by atoms with van der Waals surface area (Å²) >= 11 is 0. The fourth-order valence-corrected chi connectivity index (χ4v) is 4.28. The van der Waals surface area contributed by atoms with Crippen LogP contribution in [0, 0.1) is 0 Å². The second-order valence-corrected chi connectivity index (χ2v) is 7.41. The number of benzene rings is 1. The molecule has 1 amide bonds. The Kier molecular flexibility index (Phi) is 6.42. The summed E-state index contributed by atoms with van der Waals surface area (Å²) in [5.41, 5.74) is 4.50. The average Bonchev–Trinajstić information content (AvgIpc) is 2.73. The van der Waals surface area contributed by atoms with E-state index in [4.69, 9.17) is 9.47 Å². The zero-order chi connectivity index (χ0) is 19.7. The fraction of sp³-hybridized carbons (Fsp3) is 0.409. The van der Waals surface area contributed by atoms with Gasteiger partial charge in [-0.05, 0) is 54.3 Å². The number of phenols is 1. The summed E-state index contributed by atoms with van der Waals surface area (Å²) in [6.45, 7) is 1.94. The summed E-state index contributed by atoms with van der Waals surface area (Å²) in [7, 11) is 3.36. The summed E-state index contributed by atoms with van der Waals surface area (Å²) in [6.07, 6.45) is 5.58. The van der Waals surface area contributed by atoms with E-state index in [-0.39, 0.29) is 30.1 Å². The Bertz CT molecular complexity index is 873. The van der Waals surface area contributed by atoms with E-state index < -0.39 is 0 Å². The fourth-order valence-electron chi connectivity index (χ4n) is 4.28. The summed E-state index contributed by atoms with van der Waals surface area (Å²) < 4.78 is 11.0. The third-order valence-electron chi connectivity index (χ3n) is 5.80. The Morgan fingerprint density at radius 3 is 2.62 bits per heavy atom. The van der Waals surface area contributed by atoms with Crippen LogP contribution in [0.1, 0.15) is 36.0 Å². The molecule has 0 spiro atoms. The number of amides is 1. The number of fused-ring (bicyclic) bond motifs is 2. The molecule has 1 fully saturated rings. The molecular formula is C22H27ClN2O4. The quantitative estimate of drug-likeness (QED) is 0.783. The van der Waals surface area contributed by atoms with Gasteiger partial charge in [-0.1, -0.05) is 0 Å². The van der Waals surface area contributed by atoms with Crippen molar-refractivity contribution in [3.8, 4) is 5.75 Å². The molecule has 0 saturated carbocycles. The first-order valence-electron chi connectivity index (χ1n) is 9.68. The van der Waals surface area contributed by atoms with Crippen LogP contribution in [0.2, 0.25) is 0 Å². The standard InChI is InChI=1S/C22H26N2O4.ClH/c1-27-20-11-15-7-9-24-10-8-16(12-19(24)18(15)13-21(20)28-2)23-22(26)14-3-5-17(25)6-4-14;/h3-6,11,16,25H,7-10,12-13H2,1-2H3,(H,23,26);1H. The number of phenolic OH excluding ortho intramolecular Hbond substituents is 1. The number of nitrogens with one attached hydrogen (secondary N) is 1. The molecular weight excluding hydrogens is 392 g/mol. The molecule has 1 aliphatic carbocycles. The van der Waals surface area contributed by atoms with E-state index in [0.29, 0.717) is 5.56 Å². The van der Waals surface area contributed by atoms with Gasteiger partial charge in [0.2, 0.25) is 0 Å². The van der Waals surface area contributed by atoms with Crippen LogP contribution in [-0.4, -0.2) is 49.3 Å². The molecule has 1 aromatic carbocycles. The van der Waals surface area contributed by atoms with E-state index in [1.165, 1.54) is 29.0 Å². The van der Waals surface area contributed by atoms with Gasteiger partial charge in [0.1, 0.15) is 11.5 Å². The molecule has 2 aliphatic heterocycles. The summed E-state index contributed by atoms with van der Waals surface area (Å²) in [5.74, 6) is 1.72. The molecule has 4 rings (SSSR count). The predicted octanol–water partition coefficient (Wildman–Crippen LogP) is 3.50. The molecule has 2 heterocycles. The van der Waals surface area contributed by atoms with Gasteiger partial charge in [-0.2, -0.15) is 0 Å². The lowest BCUT2D eigenvalue weighted by Gasteiger charge is -2.42. The van der Waals surface area contributed by atoms with Gasteiger partial charge in [-0.25, -0.2) is 0 Å². The molecule has 3 aliphatic rings. The minimum atomic E-state index is -0.0987. The highest BCUT2D eigenvalue weighted by Crippen LogP contribution is 2.40. The molecule has 1 atom stereocenters. The number of halogens is 1. The molecule has 156 valence electrons. The van der Waals surface area contributed by atoms with Crippen molar-refractivity contribution in [1.82, 2.24) is 10.2 Å². The minimum absolute atomic E-state index is 0.